The lowest BCUT2D eigenvalue weighted by molar-refractivity contribution is 0.0891. The first-order chi connectivity index (χ1) is 8.74. The van der Waals surface area contributed by atoms with Crippen LogP contribution in [0.5, 0.6) is 0 Å². The fraction of sp³-hybridized carbons (Fsp3) is 0.533. The van der Waals surface area contributed by atoms with Gasteiger partial charge in [-0.1, -0.05) is 31.2 Å². The molecule has 2 unspecified atom stereocenters. The third-order valence-corrected chi connectivity index (χ3v) is 3.48. The third-order valence-electron chi connectivity index (χ3n) is 3.48. The molecule has 1 heterocycles. The molecule has 0 amide bonds. The average molecular weight is 247 g/mol. The van der Waals surface area contributed by atoms with Crippen molar-refractivity contribution in [2.24, 2.45) is 5.92 Å². The molecule has 3 nitrogen and oxygen atoms in total. The maximum absolute atomic E-state index is 12.5. The van der Waals surface area contributed by atoms with Gasteiger partial charge >= 0.3 is 0 Å². The van der Waals surface area contributed by atoms with Crippen LogP contribution >= 0.6 is 0 Å². The van der Waals surface area contributed by atoms with Crippen molar-refractivity contribution < 1.29 is 9.53 Å². The molecule has 0 aliphatic carbocycles. The molecule has 1 aliphatic rings. The minimum Gasteiger partial charge on any atom is -0.379 e. The molecule has 0 aromatic heterocycles. The molecule has 1 saturated heterocycles. The zero-order chi connectivity index (χ0) is 13.0. The molecule has 3 heteroatoms. The van der Waals surface area contributed by atoms with E-state index in [1.807, 2.05) is 31.2 Å². The maximum atomic E-state index is 12.5. The molecule has 2 rings (SSSR count). The van der Waals surface area contributed by atoms with E-state index in [9.17, 15) is 4.79 Å². The first-order valence-electron chi connectivity index (χ1n) is 6.65. The van der Waals surface area contributed by atoms with E-state index in [0.29, 0.717) is 13.2 Å². The summed E-state index contributed by atoms with van der Waals surface area (Å²) in [5, 5.41) is 3.41. The summed E-state index contributed by atoms with van der Waals surface area (Å²) < 4.78 is 5.47. The Balaban J connectivity index is 2.10. The molecule has 0 bridgehead atoms. The number of rotatable bonds is 5. The average Bonchev–Trinajstić information content (AvgIpc) is 2.84. The molecular weight excluding hydrogens is 226 g/mol. The number of carbonyl (C=O) groups excluding carboxylic acids is 1. The number of hydrogen-bond donors (Lipinski definition) is 1. The van der Waals surface area contributed by atoms with Gasteiger partial charge in [-0.3, -0.25) is 4.79 Å². The Morgan fingerprint density at radius 1 is 1.39 bits per heavy atom. The summed E-state index contributed by atoms with van der Waals surface area (Å²) in [6.07, 6.45) is 1.07. The number of benzene rings is 1. The quantitative estimate of drug-likeness (QED) is 0.811. The van der Waals surface area contributed by atoms with Crippen LogP contribution in [0.15, 0.2) is 24.3 Å². The molecule has 1 aromatic rings. The number of nitrogens with one attached hydrogen (secondary N) is 1. The molecule has 0 spiro atoms. The highest BCUT2D eigenvalue weighted by Crippen LogP contribution is 2.21. The van der Waals surface area contributed by atoms with E-state index in [2.05, 4.69) is 12.2 Å². The second-order valence-corrected chi connectivity index (χ2v) is 4.88. The van der Waals surface area contributed by atoms with Crippen molar-refractivity contribution in [1.82, 2.24) is 5.32 Å². The lowest BCUT2D eigenvalue weighted by atomic mass is 9.91. The highest BCUT2D eigenvalue weighted by atomic mass is 16.5. The van der Waals surface area contributed by atoms with Crippen molar-refractivity contribution >= 4 is 5.78 Å². The number of Topliss-reactive ketones (excluding diaryl/α,β-unsaturated/α-hetero) is 1. The van der Waals surface area contributed by atoms with E-state index >= 15 is 0 Å². The number of aryl methyl sites for hydroxylation is 1. The zero-order valence-corrected chi connectivity index (χ0v) is 11.1. The minimum atomic E-state index is -0.0438. The van der Waals surface area contributed by atoms with E-state index in [-0.39, 0.29) is 17.7 Å². The normalized spacial score (nSPS) is 23.2. The highest BCUT2D eigenvalue weighted by molar-refractivity contribution is 5.99. The molecule has 18 heavy (non-hydrogen) atoms. The summed E-state index contributed by atoms with van der Waals surface area (Å²) in [5.74, 6) is 0.164. The summed E-state index contributed by atoms with van der Waals surface area (Å²) in [6.45, 7) is 6.22. The van der Waals surface area contributed by atoms with Crippen LogP contribution in [-0.2, 0) is 4.74 Å². The van der Waals surface area contributed by atoms with Crippen LogP contribution in [-0.4, -0.2) is 31.6 Å². The smallest absolute Gasteiger partial charge is 0.170 e. The number of ether oxygens (including phenoxy) is 1. The van der Waals surface area contributed by atoms with Gasteiger partial charge in [-0.05, 0) is 25.5 Å². The van der Waals surface area contributed by atoms with Crippen molar-refractivity contribution in [2.45, 2.75) is 26.3 Å². The van der Waals surface area contributed by atoms with E-state index in [1.54, 1.807) is 0 Å². The molecule has 0 radical (unpaired) electrons. The number of hydrogen-bond acceptors (Lipinski definition) is 3. The van der Waals surface area contributed by atoms with E-state index in [4.69, 9.17) is 4.74 Å². The van der Waals surface area contributed by atoms with Crippen molar-refractivity contribution in [3.8, 4) is 0 Å². The molecule has 98 valence electrons. The van der Waals surface area contributed by atoms with Crippen molar-refractivity contribution in [2.75, 3.05) is 19.8 Å². The van der Waals surface area contributed by atoms with Crippen LogP contribution < -0.4 is 5.32 Å². The second-order valence-electron chi connectivity index (χ2n) is 4.88. The summed E-state index contributed by atoms with van der Waals surface area (Å²) in [7, 11) is 0. The molecular formula is C15H21NO2. The topological polar surface area (TPSA) is 38.3 Å². The van der Waals surface area contributed by atoms with Gasteiger partial charge in [0, 0.05) is 11.6 Å². The van der Waals surface area contributed by atoms with Crippen LogP contribution in [0, 0.1) is 12.8 Å². The maximum Gasteiger partial charge on any atom is 0.170 e. The van der Waals surface area contributed by atoms with Gasteiger partial charge < -0.3 is 10.1 Å². The van der Waals surface area contributed by atoms with Gasteiger partial charge in [-0.2, -0.15) is 0 Å². The fourth-order valence-corrected chi connectivity index (χ4v) is 2.39. The lowest BCUT2D eigenvalue weighted by Crippen LogP contribution is -2.39. The first kappa shape index (κ1) is 13.2. The molecule has 1 fully saturated rings. The Bertz CT molecular complexity index is 417. The minimum absolute atomic E-state index is 0.0438. The van der Waals surface area contributed by atoms with Gasteiger partial charge in [0.1, 0.15) is 0 Å². The summed E-state index contributed by atoms with van der Waals surface area (Å²) in [4.78, 5) is 12.5. The van der Waals surface area contributed by atoms with Crippen LogP contribution in [0.4, 0.5) is 0 Å². The van der Waals surface area contributed by atoms with Crippen molar-refractivity contribution in [3.63, 3.8) is 0 Å². The van der Waals surface area contributed by atoms with Gasteiger partial charge in [-0.25, -0.2) is 0 Å². The van der Waals surface area contributed by atoms with Crippen molar-refractivity contribution in [1.29, 1.82) is 0 Å². The Kier molecular flexibility index (Phi) is 4.50. The van der Waals surface area contributed by atoms with Crippen LogP contribution in [0.1, 0.15) is 29.3 Å². The van der Waals surface area contributed by atoms with E-state index < -0.39 is 0 Å². The van der Waals surface area contributed by atoms with E-state index in [0.717, 1.165) is 24.1 Å². The van der Waals surface area contributed by atoms with Gasteiger partial charge in [0.15, 0.2) is 5.78 Å². The molecule has 2 atom stereocenters. The largest absolute Gasteiger partial charge is 0.379 e. The SMILES string of the molecule is CCCNC1COCC1C(=O)c1ccccc1C. The summed E-state index contributed by atoms with van der Waals surface area (Å²) >= 11 is 0. The van der Waals surface area contributed by atoms with Gasteiger partial charge in [-0.15, -0.1) is 0 Å². The van der Waals surface area contributed by atoms with Crippen molar-refractivity contribution in [3.05, 3.63) is 35.4 Å². The van der Waals surface area contributed by atoms with Gasteiger partial charge in [0.05, 0.1) is 19.1 Å². The lowest BCUT2D eigenvalue weighted by Gasteiger charge is -2.18. The Morgan fingerprint density at radius 3 is 2.89 bits per heavy atom. The van der Waals surface area contributed by atoms with Crippen LogP contribution in [0.25, 0.3) is 0 Å². The third kappa shape index (κ3) is 2.79. The fourth-order valence-electron chi connectivity index (χ4n) is 2.39. The predicted octanol–water partition coefficient (Wildman–Crippen LogP) is 2.19. The molecule has 1 N–H and O–H groups in total. The number of carbonyl (C=O) groups is 1. The summed E-state index contributed by atoms with van der Waals surface area (Å²) in [6, 6.07) is 7.94. The van der Waals surface area contributed by atoms with Gasteiger partial charge in [0.25, 0.3) is 0 Å². The van der Waals surface area contributed by atoms with Crippen LogP contribution in [0.2, 0.25) is 0 Å². The Morgan fingerprint density at radius 2 is 2.17 bits per heavy atom. The van der Waals surface area contributed by atoms with Gasteiger partial charge in [0.2, 0.25) is 0 Å². The standard InChI is InChI=1S/C15H21NO2/c1-3-8-16-14-10-18-9-13(14)15(17)12-7-5-4-6-11(12)2/h4-7,13-14,16H,3,8-10H2,1-2H3. The van der Waals surface area contributed by atoms with E-state index in [1.165, 1.54) is 0 Å². The zero-order valence-electron chi connectivity index (χ0n) is 11.1. The molecule has 1 aliphatic heterocycles. The highest BCUT2D eigenvalue weighted by Gasteiger charge is 2.34. The monoisotopic (exact) mass is 247 g/mol. The Hall–Kier alpha value is -1.19. The molecule has 0 saturated carbocycles. The first-order valence-corrected chi connectivity index (χ1v) is 6.65. The summed E-state index contributed by atoms with van der Waals surface area (Å²) in [5.41, 5.74) is 1.87. The second kappa shape index (κ2) is 6.12. The number of ketones is 1. The molecule has 1 aromatic carbocycles. The Labute approximate surface area is 109 Å². The predicted molar refractivity (Wildman–Crippen MR) is 71.9 cm³/mol. The van der Waals surface area contributed by atoms with Crippen LogP contribution in [0.3, 0.4) is 0 Å².